The van der Waals surface area contributed by atoms with Crippen molar-refractivity contribution in [1.82, 2.24) is 10.3 Å². The van der Waals surface area contributed by atoms with Crippen LogP contribution in [0.5, 0.6) is 0 Å². The molecule has 0 bridgehead atoms. The van der Waals surface area contributed by atoms with E-state index in [1.807, 2.05) is 39.0 Å². The molecule has 0 saturated carbocycles. The lowest BCUT2D eigenvalue weighted by Crippen LogP contribution is -2.45. The number of anilines is 1. The van der Waals surface area contributed by atoms with Crippen molar-refractivity contribution in [2.24, 2.45) is 0 Å². The van der Waals surface area contributed by atoms with Crippen LogP contribution in [0.3, 0.4) is 0 Å². The van der Waals surface area contributed by atoms with E-state index in [1.54, 1.807) is 0 Å². The fourth-order valence-corrected chi connectivity index (χ4v) is 4.01. The van der Waals surface area contributed by atoms with E-state index in [4.69, 9.17) is 4.74 Å². The Morgan fingerprint density at radius 1 is 1.32 bits per heavy atom. The van der Waals surface area contributed by atoms with Crippen molar-refractivity contribution >= 4 is 27.5 Å². The van der Waals surface area contributed by atoms with Crippen molar-refractivity contribution < 1.29 is 9.53 Å². The van der Waals surface area contributed by atoms with E-state index in [9.17, 15) is 9.59 Å². The molecular formula is C21H26BrN3O3. The number of nitrogens with one attached hydrogen (secondary N) is 2. The molecule has 1 atom stereocenters. The van der Waals surface area contributed by atoms with Gasteiger partial charge >= 0.3 is 0 Å². The number of rotatable bonds is 6. The molecule has 3 rings (SSSR count). The Hall–Kier alpha value is -2.12. The molecule has 1 aliphatic heterocycles. The number of nitrogens with zero attached hydrogens (tertiary/aromatic N) is 1. The zero-order chi connectivity index (χ0) is 20.4. The van der Waals surface area contributed by atoms with Crippen LogP contribution in [0.1, 0.15) is 46.1 Å². The standard InChI is InChI=1S/C21H26BrN3O3/c1-5-25(19-6-7-28-19)18-10-15(22)9-16(14(18)4)20(26)23-11-17-12(2)8-13(3)24-21(17)27/h8-10,19H,5-7,11H2,1-4H3,(H,23,26)(H,24,27). The minimum absolute atomic E-state index is 0.0580. The average Bonchev–Trinajstić information content (AvgIpc) is 2.58. The molecular weight excluding hydrogens is 422 g/mol. The van der Waals surface area contributed by atoms with Gasteiger partial charge in [-0.3, -0.25) is 9.59 Å². The summed E-state index contributed by atoms with van der Waals surface area (Å²) in [6.45, 7) is 9.49. The van der Waals surface area contributed by atoms with Gasteiger partial charge in [0.15, 0.2) is 0 Å². The maximum Gasteiger partial charge on any atom is 0.253 e. The Morgan fingerprint density at radius 3 is 2.61 bits per heavy atom. The van der Waals surface area contributed by atoms with Crippen LogP contribution in [-0.4, -0.2) is 30.3 Å². The van der Waals surface area contributed by atoms with Gasteiger partial charge in [-0.25, -0.2) is 0 Å². The van der Waals surface area contributed by atoms with Gasteiger partial charge in [-0.15, -0.1) is 0 Å². The van der Waals surface area contributed by atoms with E-state index in [0.717, 1.165) is 46.6 Å². The number of halogens is 1. The maximum absolute atomic E-state index is 12.9. The Balaban J connectivity index is 1.85. The van der Waals surface area contributed by atoms with E-state index >= 15 is 0 Å². The van der Waals surface area contributed by atoms with Gasteiger partial charge in [-0.05, 0) is 57.0 Å². The summed E-state index contributed by atoms with van der Waals surface area (Å²) in [4.78, 5) is 30.1. The Kier molecular flexibility index (Phi) is 6.25. The molecule has 1 fully saturated rings. The lowest BCUT2D eigenvalue weighted by molar-refractivity contribution is -0.0507. The smallest absolute Gasteiger partial charge is 0.253 e. The summed E-state index contributed by atoms with van der Waals surface area (Å²) in [7, 11) is 0. The third-order valence-corrected chi connectivity index (χ3v) is 5.64. The predicted molar refractivity (Wildman–Crippen MR) is 114 cm³/mol. The van der Waals surface area contributed by atoms with Crippen molar-refractivity contribution in [3.8, 4) is 0 Å². The lowest BCUT2D eigenvalue weighted by Gasteiger charge is -2.39. The fourth-order valence-electron chi connectivity index (χ4n) is 3.56. The minimum Gasteiger partial charge on any atom is -0.358 e. The van der Waals surface area contributed by atoms with Crippen LogP contribution < -0.4 is 15.8 Å². The molecule has 28 heavy (non-hydrogen) atoms. The number of carbonyl (C=O) groups excluding carboxylic acids is 1. The van der Waals surface area contributed by atoms with Gasteiger partial charge in [0.25, 0.3) is 11.5 Å². The summed E-state index contributed by atoms with van der Waals surface area (Å²) in [5, 5.41) is 2.90. The quantitative estimate of drug-likeness (QED) is 0.709. The first-order valence-electron chi connectivity index (χ1n) is 9.47. The molecule has 2 aromatic rings. The van der Waals surface area contributed by atoms with Crippen LogP contribution >= 0.6 is 15.9 Å². The van der Waals surface area contributed by atoms with Gasteiger partial charge in [0.05, 0.1) is 6.61 Å². The Morgan fingerprint density at radius 2 is 2.04 bits per heavy atom. The summed E-state index contributed by atoms with van der Waals surface area (Å²) in [6.07, 6.45) is 1.04. The zero-order valence-electron chi connectivity index (χ0n) is 16.7. The SMILES string of the molecule is CCN(c1cc(Br)cc(C(=O)NCc2c(C)cc(C)[nH]c2=O)c1C)C1CCO1. The zero-order valence-corrected chi connectivity index (χ0v) is 18.3. The molecule has 6 nitrogen and oxygen atoms in total. The fraction of sp³-hybridized carbons (Fsp3) is 0.429. The number of benzene rings is 1. The van der Waals surface area contributed by atoms with E-state index in [2.05, 4.69) is 38.1 Å². The number of aryl methyl sites for hydroxylation is 2. The van der Waals surface area contributed by atoms with Crippen LogP contribution in [0.25, 0.3) is 0 Å². The van der Waals surface area contributed by atoms with Gasteiger partial charge in [-0.2, -0.15) is 0 Å². The van der Waals surface area contributed by atoms with E-state index in [0.29, 0.717) is 11.1 Å². The topological polar surface area (TPSA) is 74.4 Å². The number of hydrogen-bond acceptors (Lipinski definition) is 4. The summed E-state index contributed by atoms with van der Waals surface area (Å²) in [5.74, 6) is -0.204. The molecule has 2 heterocycles. The van der Waals surface area contributed by atoms with Crippen LogP contribution in [0.4, 0.5) is 5.69 Å². The first-order chi connectivity index (χ1) is 13.3. The highest BCUT2D eigenvalue weighted by molar-refractivity contribution is 9.10. The summed E-state index contributed by atoms with van der Waals surface area (Å²) < 4.78 is 6.48. The van der Waals surface area contributed by atoms with Crippen LogP contribution in [-0.2, 0) is 11.3 Å². The lowest BCUT2D eigenvalue weighted by atomic mass is 10.0. The molecule has 2 N–H and O–H groups in total. The molecule has 1 aliphatic rings. The number of H-pyrrole nitrogens is 1. The van der Waals surface area contributed by atoms with Crippen molar-refractivity contribution in [3.05, 3.63) is 61.0 Å². The Bertz CT molecular complexity index is 951. The normalized spacial score (nSPS) is 15.8. The van der Waals surface area contributed by atoms with Crippen LogP contribution in [0.15, 0.2) is 27.5 Å². The first kappa shape index (κ1) is 20.6. The van der Waals surface area contributed by atoms with Crippen molar-refractivity contribution in [2.75, 3.05) is 18.1 Å². The molecule has 7 heteroatoms. The maximum atomic E-state index is 12.9. The van der Waals surface area contributed by atoms with Gasteiger partial charge in [0, 0.05) is 46.5 Å². The van der Waals surface area contributed by atoms with Crippen molar-refractivity contribution in [1.29, 1.82) is 0 Å². The number of aromatic amines is 1. The van der Waals surface area contributed by atoms with Crippen molar-refractivity contribution in [3.63, 3.8) is 0 Å². The second-order valence-corrected chi connectivity index (χ2v) is 8.04. The third-order valence-electron chi connectivity index (χ3n) is 5.18. The van der Waals surface area contributed by atoms with Crippen LogP contribution in [0, 0.1) is 20.8 Å². The molecule has 0 aliphatic carbocycles. The molecule has 0 spiro atoms. The molecule has 150 valence electrons. The summed E-state index contributed by atoms with van der Waals surface area (Å²) >= 11 is 3.53. The molecule has 1 saturated heterocycles. The molecule has 1 amide bonds. The second kappa shape index (κ2) is 8.49. The number of pyridine rings is 1. The number of hydrogen-bond donors (Lipinski definition) is 2. The van der Waals surface area contributed by atoms with Gasteiger partial charge < -0.3 is 19.9 Å². The van der Waals surface area contributed by atoms with Gasteiger partial charge in [0.1, 0.15) is 6.23 Å². The summed E-state index contributed by atoms with van der Waals surface area (Å²) in [5.41, 5.74) is 4.55. The van der Waals surface area contributed by atoms with Crippen LogP contribution in [0.2, 0.25) is 0 Å². The predicted octanol–water partition coefficient (Wildman–Crippen LogP) is 3.57. The third kappa shape index (κ3) is 4.15. The number of ether oxygens (including phenoxy) is 1. The molecule has 1 unspecified atom stereocenters. The van der Waals surface area contributed by atoms with E-state index in [-0.39, 0.29) is 24.2 Å². The summed E-state index contributed by atoms with van der Waals surface area (Å²) in [6, 6.07) is 5.74. The van der Waals surface area contributed by atoms with Gasteiger partial charge in [-0.1, -0.05) is 15.9 Å². The first-order valence-corrected chi connectivity index (χ1v) is 10.3. The second-order valence-electron chi connectivity index (χ2n) is 7.12. The highest BCUT2D eigenvalue weighted by atomic mass is 79.9. The number of aromatic nitrogens is 1. The monoisotopic (exact) mass is 447 g/mol. The van der Waals surface area contributed by atoms with Gasteiger partial charge in [0.2, 0.25) is 0 Å². The minimum atomic E-state index is -0.204. The average molecular weight is 448 g/mol. The Labute approximate surface area is 173 Å². The number of carbonyl (C=O) groups is 1. The molecule has 1 aromatic heterocycles. The van der Waals surface area contributed by atoms with Crippen molar-refractivity contribution in [2.45, 2.75) is 46.9 Å². The highest BCUT2D eigenvalue weighted by Gasteiger charge is 2.27. The molecule has 1 aromatic carbocycles. The van der Waals surface area contributed by atoms with E-state index < -0.39 is 0 Å². The number of amides is 1. The largest absolute Gasteiger partial charge is 0.358 e. The van der Waals surface area contributed by atoms with E-state index in [1.165, 1.54) is 0 Å². The molecule has 0 radical (unpaired) electrons. The highest BCUT2D eigenvalue weighted by Crippen LogP contribution is 2.32.